The standard InChI is InChI=1S/C18H23N3O3/c19-18(9-3-4-10-18)17-20-16(24-21-17)14-7-1-2-8-15(14)23-12-13-6-5-11-22-13/h1-2,7-8,13H,3-6,9-12,19H2. The van der Waals surface area contributed by atoms with Crippen molar-refractivity contribution < 1.29 is 14.0 Å². The quantitative estimate of drug-likeness (QED) is 0.908. The second kappa shape index (κ2) is 6.53. The maximum atomic E-state index is 6.42. The summed E-state index contributed by atoms with van der Waals surface area (Å²) in [5.74, 6) is 1.80. The number of hydrogen-bond acceptors (Lipinski definition) is 6. The van der Waals surface area contributed by atoms with E-state index < -0.39 is 5.54 Å². The first-order valence-electron chi connectivity index (χ1n) is 8.71. The van der Waals surface area contributed by atoms with Crippen LogP contribution >= 0.6 is 0 Å². The topological polar surface area (TPSA) is 83.4 Å². The molecule has 1 aliphatic carbocycles. The van der Waals surface area contributed by atoms with Gasteiger partial charge >= 0.3 is 0 Å². The van der Waals surface area contributed by atoms with E-state index in [1.54, 1.807) is 0 Å². The molecule has 24 heavy (non-hydrogen) atoms. The lowest BCUT2D eigenvalue weighted by Crippen LogP contribution is -2.34. The molecule has 2 fully saturated rings. The van der Waals surface area contributed by atoms with Crippen LogP contribution in [0.1, 0.15) is 44.3 Å². The monoisotopic (exact) mass is 329 g/mol. The maximum absolute atomic E-state index is 6.42. The Bertz CT molecular complexity index is 688. The van der Waals surface area contributed by atoms with Crippen LogP contribution in [0.15, 0.2) is 28.8 Å². The molecule has 0 bridgehead atoms. The molecule has 2 aromatic rings. The van der Waals surface area contributed by atoms with Crippen LogP contribution < -0.4 is 10.5 Å². The molecule has 1 atom stereocenters. The van der Waals surface area contributed by atoms with Crippen molar-refractivity contribution >= 4 is 0 Å². The van der Waals surface area contributed by atoms with Crippen molar-refractivity contribution in [2.45, 2.75) is 50.2 Å². The van der Waals surface area contributed by atoms with Crippen molar-refractivity contribution in [2.75, 3.05) is 13.2 Å². The number of aromatic nitrogens is 2. The summed E-state index contributed by atoms with van der Waals surface area (Å²) >= 11 is 0. The number of rotatable bonds is 5. The minimum atomic E-state index is -0.449. The molecule has 2 aliphatic rings. The van der Waals surface area contributed by atoms with Crippen LogP contribution in [0.25, 0.3) is 11.5 Å². The summed E-state index contributed by atoms with van der Waals surface area (Å²) in [7, 11) is 0. The van der Waals surface area contributed by atoms with E-state index in [2.05, 4.69) is 10.1 Å². The second-order valence-corrected chi connectivity index (χ2v) is 6.73. The Morgan fingerprint density at radius 1 is 1.21 bits per heavy atom. The number of nitrogens with zero attached hydrogens (tertiary/aromatic N) is 2. The molecule has 6 nitrogen and oxygen atoms in total. The lowest BCUT2D eigenvalue weighted by Gasteiger charge is -2.17. The molecule has 0 amide bonds. The van der Waals surface area contributed by atoms with Crippen LogP contribution in [0.4, 0.5) is 0 Å². The fourth-order valence-corrected chi connectivity index (χ4v) is 3.49. The SMILES string of the molecule is NC1(c2noc(-c3ccccc3OCC3CCCO3)n2)CCCC1. The van der Waals surface area contributed by atoms with E-state index in [-0.39, 0.29) is 6.10 Å². The summed E-state index contributed by atoms with van der Waals surface area (Å²) in [4.78, 5) is 4.56. The van der Waals surface area contributed by atoms with Gasteiger partial charge in [0.2, 0.25) is 0 Å². The molecular weight excluding hydrogens is 306 g/mol. The highest BCUT2D eigenvalue weighted by Crippen LogP contribution is 2.36. The van der Waals surface area contributed by atoms with Gasteiger partial charge in [-0.15, -0.1) is 0 Å². The van der Waals surface area contributed by atoms with Crippen molar-refractivity contribution in [3.05, 3.63) is 30.1 Å². The zero-order chi connectivity index (χ0) is 16.4. The van der Waals surface area contributed by atoms with Crippen LogP contribution in [0, 0.1) is 0 Å². The lowest BCUT2D eigenvalue weighted by atomic mass is 9.99. The summed E-state index contributed by atoms with van der Waals surface area (Å²) in [5, 5.41) is 4.13. The van der Waals surface area contributed by atoms with Gasteiger partial charge < -0.3 is 19.7 Å². The van der Waals surface area contributed by atoms with E-state index >= 15 is 0 Å². The zero-order valence-electron chi connectivity index (χ0n) is 13.7. The third-order valence-corrected chi connectivity index (χ3v) is 4.93. The minimum Gasteiger partial charge on any atom is -0.490 e. The summed E-state index contributed by atoms with van der Waals surface area (Å²) in [6.45, 7) is 1.36. The van der Waals surface area contributed by atoms with E-state index in [0.717, 1.165) is 56.4 Å². The smallest absolute Gasteiger partial charge is 0.261 e. The van der Waals surface area contributed by atoms with Crippen LogP contribution in [0.5, 0.6) is 5.75 Å². The van der Waals surface area contributed by atoms with Crippen molar-refractivity contribution in [3.8, 4) is 17.2 Å². The largest absolute Gasteiger partial charge is 0.490 e. The van der Waals surface area contributed by atoms with E-state index in [1.165, 1.54) is 0 Å². The van der Waals surface area contributed by atoms with Crippen LogP contribution in [-0.4, -0.2) is 29.5 Å². The molecule has 4 rings (SSSR count). The third kappa shape index (κ3) is 3.03. The molecule has 1 unspecified atom stereocenters. The normalized spacial score (nSPS) is 22.8. The molecular formula is C18H23N3O3. The molecule has 128 valence electrons. The molecule has 1 saturated carbocycles. The zero-order valence-corrected chi connectivity index (χ0v) is 13.7. The van der Waals surface area contributed by atoms with Crippen molar-refractivity contribution in [1.29, 1.82) is 0 Å². The van der Waals surface area contributed by atoms with Crippen molar-refractivity contribution in [1.82, 2.24) is 10.1 Å². The first kappa shape index (κ1) is 15.6. The number of hydrogen-bond donors (Lipinski definition) is 1. The predicted octanol–water partition coefficient (Wildman–Crippen LogP) is 3.02. The van der Waals surface area contributed by atoms with E-state index in [1.807, 2.05) is 24.3 Å². The number of nitrogens with two attached hydrogens (primary N) is 1. The molecule has 2 N–H and O–H groups in total. The van der Waals surface area contributed by atoms with Gasteiger partial charge in [0, 0.05) is 6.61 Å². The summed E-state index contributed by atoms with van der Waals surface area (Å²) in [5.41, 5.74) is 6.77. The maximum Gasteiger partial charge on any atom is 0.261 e. The van der Waals surface area contributed by atoms with Gasteiger partial charge in [0.25, 0.3) is 5.89 Å². The van der Waals surface area contributed by atoms with Gasteiger partial charge in [-0.05, 0) is 37.8 Å². The van der Waals surface area contributed by atoms with E-state index in [4.69, 9.17) is 19.7 Å². The Kier molecular flexibility index (Phi) is 4.24. The molecule has 1 aromatic heterocycles. The lowest BCUT2D eigenvalue weighted by molar-refractivity contribution is 0.0681. The predicted molar refractivity (Wildman–Crippen MR) is 88.5 cm³/mol. The Morgan fingerprint density at radius 3 is 2.83 bits per heavy atom. The molecule has 1 saturated heterocycles. The van der Waals surface area contributed by atoms with Gasteiger partial charge in [0.05, 0.1) is 17.2 Å². The number of para-hydroxylation sites is 1. The van der Waals surface area contributed by atoms with Gasteiger partial charge in [0.1, 0.15) is 12.4 Å². The summed E-state index contributed by atoms with van der Waals surface area (Å²) in [6.07, 6.45) is 6.35. The van der Waals surface area contributed by atoms with Crippen LogP contribution in [0.2, 0.25) is 0 Å². The molecule has 0 spiro atoms. The molecule has 0 radical (unpaired) electrons. The van der Waals surface area contributed by atoms with E-state index in [9.17, 15) is 0 Å². The molecule has 1 aliphatic heterocycles. The first-order valence-corrected chi connectivity index (χ1v) is 8.71. The fraction of sp³-hybridized carbons (Fsp3) is 0.556. The van der Waals surface area contributed by atoms with Gasteiger partial charge in [0.15, 0.2) is 5.82 Å². The van der Waals surface area contributed by atoms with Gasteiger partial charge in [-0.1, -0.05) is 30.1 Å². The third-order valence-electron chi connectivity index (χ3n) is 4.93. The average Bonchev–Trinajstić information content (AvgIpc) is 3.35. The van der Waals surface area contributed by atoms with E-state index in [0.29, 0.717) is 18.3 Å². The number of ether oxygens (including phenoxy) is 2. The Morgan fingerprint density at radius 2 is 2.04 bits per heavy atom. The van der Waals surface area contributed by atoms with Gasteiger partial charge in [-0.3, -0.25) is 0 Å². The Balaban J connectivity index is 1.54. The first-order chi connectivity index (χ1) is 11.7. The highest BCUT2D eigenvalue weighted by atomic mass is 16.5. The minimum absolute atomic E-state index is 0.169. The highest BCUT2D eigenvalue weighted by Gasteiger charge is 2.36. The average molecular weight is 329 g/mol. The molecule has 1 aromatic carbocycles. The highest BCUT2D eigenvalue weighted by molar-refractivity contribution is 5.62. The van der Waals surface area contributed by atoms with Crippen molar-refractivity contribution in [2.24, 2.45) is 5.73 Å². The Hall–Kier alpha value is -1.92. The summed E-state index contributed by atoms with van der Waals surface area (Å²) in [6, 6.07) is 7.72. The van der Waals surface area contributed by atoms with Gasteiger partial charge in [-0.25, -0.2) is 0 Å². The van der Waals surface area contributed by atoms with Crippen molar-refractivity contribution in [3.63, 3.8) is 0 Å². The fourth-order valence-electron chi connectivity index (χ4n) is 3.49. The second-order valence-electron chi connectivity index (χ2n) is 6.73. The van der Waals surface area contributed by atoms with Crippen LogP contribution in [-0.2, 0) is 10.3 Å². The van der Waals surface area contributed by atoms with Crippen LogP contribution in [0.3, 0.4) is 0 Å². The van der Waals surface area contributed by atoms with Gasteiger partial charge in [-0.2, -0.15) is 4.98 Å². The molecule has 6 heteroatoms. The number of benzene rings is 1. The summed E-state index contributed by atoms with van der Waals surface area (Å²) < 4.78 is 17.1. The Labute approximate surface area is 141 Å². The molecule has 2 heterocycles.